The van der Waals surface area contributed by atoms with Crippen molar-refractivity contribution in [2.75, 3.05) is 7.11 Å². The second kappa shape index (κ2) is 9.41. The number of carbonyl (C=O) groups excluding carboxylic acids is 1. The molecular formula is C23H20ClN3O3S. The molecule has 1 unspecified atom stereocenters. The number of halogens is 1. The second-order valence-electron chi connectivity index (χ2n) is 6.83. The monoisotopic (exact) mass is 453 g/mol. The Hall–Kier alpha value is -3.03. The number of furan rings is 1. The Morgan fingerprint density at radius 2 is 1.97 bits per heavy atom. The van der Waals surface area contributed by atoms with Crippen molar-refractivity contribution < 1.29 is 13.9 Å². The van der Waals surface area contributed by atoms with Crippen LogP contribution in [0.15, 0.2) is 76.5 Å². The van der Waals surface area contributed by atoms with Gasteiger partial charge in [0.2, 0.25) is 0 Å². The number of carbonyl (C=O) groups is 1. The largest absolute Gasteiger partial charge is 0.497 e. The molecule has 0 bridgehead atoms. The second-order valence-corrected chi connectivity index (χ2v) is 8.58. The third-order valence-corrected chi connectivity index (χ3v) is 6.04. The smallest absolute Gasteiger partial charge is 0.192 e. The summed E-state index contributed by atoms with van der Waals surface area (Å²) in [6.07, 6.45) is 1.63. The molecule has 4 aromatic rings. The Kier molecular flexibility index (Phi) is 6.44. The summed E-state index contributed by atoms with van der Waals surface area (Å²) < 4.78 is 12.7. The summed E-state index contributed by atoms with van der Waals surface area (Å²) >= 11 is 7.40. The van der Waals surface area contributed by atoms with Crippen molar-refractivity contribution in [3.05, 3.63) is 83.3 Å². The topological polar surface area (TPSA) is 70.2 Å². The van der Waals surface area contributed by atoms with E-state index in [4.69, 9.17) is 20.8 Å². The molecule has 1 atom stereocenters. The van der Waals surface area contributed by atoms with E-state index in [0.29, 0.717) is 28.1 Å². The average Bonchev–Trinajstić information content (AvgIpc) is 3.44. The maximum Gasteiger partial charge on any atom is 0.192 e. The number of aromatic nitrogens is 3. The molecule has 0 saturated carbocycles. The molecule has 0 saturated heterocycles. The van der Waals surface area contributed by atoms with Crippen LogP contribution in [0.2, 0.25) is 5.02 Å². The number of hydrogen-bond acceptors (Lipinski definition) is 6. The minimum absolute atomic E-state index is 0.0222. The zero-order chi connectivity index (χ0) is 21.8. The fourth-order valence-electron chi connectivity index (χ4n) is 3.12. The Morgan fingerprint density at radius 1 is 1.16 bits per heavy atom. The summed E-state index contributed by atoms with van der Waals surface area (Å²) in [5, 5.41) is 9.56. The van der Waals surface area contributed by atoms with Gasteiger partial charge in [-0.25, -0.2) is 0 Å². The summed E-state index contributed by atoms with van der Waals surface area (Å²) in [6, 6.07) is 18.3. The number of methoxy groups -OCH3 is 1. The Bertz CT molecular complexity index is 1170. The van der Waals surface area contributed by atoms with Crippen molar-refractivity contribution in [1.82, 2.24) is 14.8 Å². The van der Waals surface area contributed by atoms with E-state index in [1.807, 2.05) is 47.9 Å². The van der Waals surface area contributed by atoms with Gasteiger partial charge in [0, 0.05) is 16.1 Å². The van der Waals surface area contributed by atoms with Gasteiger partial charge >= 0.3 is 0 Å². The Morgan fingerprint density at radius 3 is 2.65 bits per heavy atom. The maximum atomic E-state index is 12.9. The lowest BCUT2D eigenvalue weighted by Crippen LogP contribution is -2.15. The fraction of sp³-hybridized carbons (Fsp3) is 0.174. The molecule has 0 fully saturated rings. The third kappa shape index (κ3) is 4.84. The predicted octanol–water partition coefficient (Wildman–Crippen LogP) is 5.61. The highest BCUT2D eigenvalue weighted by Crippen LogP contribution is 2.30. The van der Waals surface area contributed by atoms with E-state index in [0.717, 1.165) is 17.1 Å². The molecule has 0 spiro atoms. The first kappa shape index (κ1) is 21.2. The van der Waals surface area contributed by atoms with Gasteiger partial charge in [-0.2, -0.15) is 0 Å². The van der Waals surface area contributed by atoms with Gasteiger partial charge in [-0.05, 0) is 55.5 Å². The summed E-state index contributed by atoms with van der Waals surface area (Å²) in [5.74, 6) is 2.19. The fourth-order valence-corrected chi connectivity index (χ4v) is 4.23. The zero-order valence-corrected chi connectivity index (χ0v) is 18.6. The van der Waals surface area contributed by atoms with Gasteiger partial charge in [-0.3, -0.25) is 9.36 Å². The van der Waals surface area contributed by atoms with Gasteiger partial charge in [-0.1, -0.05) is 35.5 Å². The van der Waals surface area contributed by atoms with Crippen LogP contribution in [0.5, 0.6) is 5.75 Å². The molecule has 0 radical (unpaired) electrons. The van der Waals surface area contributed by atoms with Crippen molar-refractivity contribution in [3.63, 3.8) is 0 Å². The van der Waals surface area contributed by atoms with E-state index in [-0.39, 0.29) is 11.0 Å². The van der Waals surface area contributed by atoms with Gasteiger partial charge in [0.15, 0.2) is 16.8 Å². The highest BCUT2D eigenvalue weighted by molar-refractivity contribution is 8.00. The number of Topliss-reactive ketones (excluding diaryl/α,β-unsaturated/α-hetero) is 1. The van der Waals surface area contributed by atoms with E-state index in [1.165, 1.54) is 11.8 Å². The van der Waals surface area contributed by atoms with Crippen LogP contribution >= 0.6 is 23.4 Å². The van der Waals surface area contributed by atoms with Crippen LogP contribution in [-0.2, 0) is 6.54 Å². The Labute approximate surface area is 189 Å². The van der Waals surface area contributed by atoms with Gasteiger partial charge in [0.05, 0.1) is 25.2 Å². The molecule has 31 heavy (non-hydrogen) atoms. The van der Waals surface area contributed by atoms with Gasteiger partial charge < -0.3 is 9.15 Å². The molecule has 6 nitrogen and oxygen atoms in total. The molecule has 8 heteroatoms. The van der Waals surface area contributed by atoms with Crippen molar-refractivity contribution in [2.24, 2.45) is 0 Å². The van der Waals surface area contributed by atoms with E-state index in [9.17, 15) is 4.79 Å². The van der Waals surface area contributed by atoms with Gasteiger partial charge in [0.25, 0.3) is 0 Å². The van der Waals surface area contributed by atoms with Crippen LogP contribution in [0.1, 0.15) is 23.0 Å². The number of benzene rings is 2. The Balaban J connectivity index is 1.64. The molecule has 158 valence electrons. The van der Waals surface area contributed by atoms with Crippen molar-refractivity contribution in [1.29, 1.82) is 0 Å². The first-order valence-electron chi connectivity index (χ1n) is 9.61. The van der Waals surface area contributed by atoms with Crippen LogP contribution < -0.4 is 4.74 Å². The first-order chi connectivity index (χ1) is 15.0. The van der Waals surface area contributed by atoms with E-state index in [2.05, 4.69) is 10.2 Å². The summed E-state index contributed by atoms with van der Waals surface area (Å²) in [4.78, 5) is 12.9. The van der Waals surface area contributed by atoms with E-state index < -0.39 is 0 Å². The number of nitrogens with zero attached hydrogens (tertiary/aromatic N) is 3. The number of rotatable bonds is 8. The van der Waals surface area contributed by atoms with Crippen LogP contribution in [0.4, 0.5) is 0 Å². The average molecular weight is 454 g/mol. The van der Waals surface area contributed by atoms with Gasteiger partial charge in [-0.15, -0.1) is 10.2 Å². The van der Waals surface area contributed by atoms with Crippen LogP contribution in [0.25, 0.3) is 11.4 Å². The predicted molar refractivity (Wildman–Crippen MR) is 121 cm³/mol. The molecule has 0 amide bonds. The highest BCUT2D eigenvalue weighted by atomic mass is 35.5. The normalized spacial score (nSPS) is 12.0. The molecule has 0 aliphatic heterocycles. The number of ketones is 1. The number of hydrogen-bond donors (Lipinski definition) is 0. The van der Waals surface area contributed by atoms with E-state index >= 15 is 0 Å². The molecule has 2 aromatic carbocycles. The molecule has 2 aromatic heterocycles. The van der Waals surface area contributed by atoms with Crippen LogP contribution in [0, 0.1) is 0 Å². The van der Waals surface area contributed by atoms with Crippen LogP contribution in [-0.4, -0.2) is 32.9 Å². The quantitative estimate of drug-likeness (QED) is 0.255. The number of ether oxygens (including phenoxy) is 1. The highest BCUT2D eigenvalue weighted by Gasteiger charge is 2.22. The minimum atomic E-state index is -0.373. The molecule has 0 N–H and O–H groups in total. The lowest BCUT2D eigenvalue weighted by Gasteiger charge is -2.13. The lowest BCUT2D eigenvalue weighted by atomic mass is 10.1. The zero-order valence-electron chi connectivity index (χ0n) is 17.0. The summed E-state index contributed by atoms with van der Waals surface area (Å²) in [7, 11) is 1.63. The molecule has 0 aliphatic rings. The minimum Gasteiger partial charge on any atom is -0.497 e. The molecular weight excluding hydrogens is 434 g/mol. The summed E-state index contributed by atoms with van der Waals surface area (Å²) in [6.45, 7) is 2.30. The molecule has 4 rings (SSSR count). The van der Waals surface area contributed by atoms with E-state index in [1.54, 1.807) is 37.6 Å². The standard InChI is InChI=1S/C23H20ClN3O3S/c1-15(21(28)17-5-3-6-18(24)13-17)31-23-26-25-22(16-8-10-19(29-2)11-9-16)27(23)14-20-7-4-12-30-20/h3-13,15H,14H2,1-2H3. The maximum absolute atomic E-state index is 12.9. The van der Waals surface area contributed by atoms with Crippen molar-refractivity contribution in [2.45, 2.75) is 23.9 Å². The van der Waals surface area contributed by atoms with Crippen molar-refractivity contribution in [3.8, 4) is 17.1 Å². The number of thioether (sulfide) groups is 1. The summed E-state index contributed by atoms with van der Waals surface area (Å²) in [5.41, 5.74) is 1.46. The third-order valence-electron chi connectivity index (χ3n) is 4.72. The lowest BCUT2D eigenvalue weighted by molar-refractivity contribution is 0.0994. The SMILES string of the molecule is COc1ccc(-c2nnc(SC(C)C(=O)c3cccc(Cl)c3)n2Cc2ccco2)cc1. The molecule has 2 heterocycles. The first-order valence-corrected chi connectivity index (χ1v) is 10.9. The molecule has 0 aliphatic carbocycles. The van der Waals surface area contributed by atoms with Crippen LogP contribution in [0.3, 0.4) is 0 Å². The van der Waals surface area contributed by atoms with Crippen molar-refractivity contribution >= 4 is 29.1 Å². The van der Waals surface area contributed by atoms with Gasteiger partial charge in [0.1, 0.15) is 11.5 Å².